The van der Waals surface area contributed by atoms with Crippen molar-refractivity contribution in [2.24, 2.45) is 0 Å². The molecule has 0 N–H and O–H groups in total. The van der Waals surface area contributed by atoms with Gasteiger partial charge in [0.05, 0.1) is 24.4 Å². The highest BCUT2D eigenvalue weighted by Crippen LogP contribution is 2.26. The van der Waals surface area contributed by atoms with Gasteiger partial charge < -0.3 is 9.32 Å². The van der Waals surface area contributed by atoms with Crippen LogP contribution in [0.4, 0.5) is 5.13 Å². The van der Waals surface area contributed by atoms with Gasteiger partial charge in [0.2, 0.25) is 11.8 Å². The summed E-state index contributed by atoms with van der Waals surface area (Å²) in [5.74, 6) is 0.835. The van der Waals surface area contributed by atoms with Gasteiger partial charge in [-0.1, -0.05) is 0 Å². The van der Waals surface area contributed by atoms with Crippen LogP contribution in [-0.2, 0) is 16.0 Å². The number of hydrogen-bond donors (Lipinski definition) is 0. The van der Waals surface area contributed by atoms with E-state index in [-0.39, 0.29) is 24.3 Å². The van der Waals surface area contributed by atoms with Crippen LogP contribution in [0.5, 0.6) is 0 Å². The van der Waals surface area contributed by atoms with E-state index in [0.717, 1.165) is 18.7 Å². The van der Waals surface area contributed by atoms with Crippen molar-refractivity contribution >= 4 is 28.3 Å². The van der Waals surface area contributed by atoms with Crippen LogP contribution in [0.1, 0.15) is 37.3 Å². The van der Waals surface area contributed by atoms with Crippen molar-refractivity contribution < 1.29 is 14.0 Å². The van der Waals surface area contributed by atoms with Gasteiger partial charge in [0.15, 0.2) is 5.13 Å². The van der Waals surface area contributed by atoms with E-state index < -0.39 is 0 Å². The maximum Gasteiger partial charge on any atom is 0.228 e. The molecule has 1 unspecified atom stereocenters. The summed E-state index contributed by atoms with van der Waals surface area (Å²) in [6, 6.07) is 3.54. The molecule has 2 aromatic heterocycles. The van der Waals surface area contributed by atoms with Crippen LogP contribution >= 0.6 is 11.3 Å². The van der Waals surface area contributed by atoms with Crippen molar-refractivity contribution in [3.05, 3.63) is 35.2 Å². The fourth-order valence-corrected chi connectivity index (χ4v) is 3.44. The van der Waals surface area contributed by atoms with E-state index in [2.05, 4.69) is 4.98 Å². The minimum Gasteiger partial charge on any atom is -0.467 e. The highest BCUT2D eigenvalue weighted by atomic mass is 32.1. The number of amides is 2. The quantitative estimate of drug-likeness (QED) is 0.843. The van der Waals surface area contributed by atoms with Gasteiger partial charge in [-0.15, -0.1) is 11.3 Å². The van der Waals surface area contributed by atoms with Crippen molar-refractivity contribution in [1.82, 2.24) is 9.88 Å². The smallest absolute Gasteiger partial charge is 0.228 e. The number of thiazole rings is 1. The van der Waals surface area contributed by atoms with Crippen molar-refractivity contribution in [2.75, 3.05) is 18.5 Å². The zero-order valence-electron chi connectivity index (χ0n) is 13.2. The molecule has 2 aromatic rings. The first kappa shape index (κ1) is 15.7. The van der Waals surface area contributed by atoms with Gasteiger partial charge in [-0.05, 0) is 25.5 Å². The Balaban J connectivity index is 1.64. The van der Waals surface area contributed by atoms with Crippen molar-refractivity contribution in [3.8, 4) is 0 Å². The summed E-state index contributed by atoms with van der Waals surface area (Å²) in [6.45, 7) is 2.64. The molecule has 3 rings (SSSR count). The van der Waals surface area contributed by atoms with Crippen LogP contribution in [0.25, 0.3) is 0 Å². The fourth-order valence-electron chi connectivity index (χ4n) is 2.57. The third kappa shape index (κ3) is 3.29. The Morgan fingerprint density at radius 2 is 2.39 bits per heavy atom. The Hall–Kier alpha value is -2.15. The van der Waals surface area contributed by atoms with E-state index >= 15 is 0 Å². The number of anilines is 1. The van der Waals surface area contributed by atoms with Crippen molar-refractivity contribution in [2.45, 2.75) is 32.2 Å². The van der Waals surface area contributed by atoms with Crippen LogP contribution in [0.2, 0.25) is 0 Å². The van der Waals surface area contributed by atoms with Crippen LogP contribution in [0.3, 0.4) is 0 Å². The molecule has 1 saturated heterocycles. The Labute approximate surface area is 138 Å². The molecule has 1 aliphatic rings. The second kappa shape index (κ2) is 6.54. The third-order valence-corrected chi connectivity index (χ3v) is 5.02. The van der Waals surface area contributed by atoms with Gasteiger partial charge in [0, 0.05) is 25.4 Å². The molecule has 0 saturated carbocycles. The number of carbonyl (C=O) groups excluding carboxylic acids is 2. The fraction of sp³-hybridized carbons (Fsp3) is 0.438. The molecule has 2 amide bonds. The minimum absolute atomic E-state index is 0.0292. The summed E-state index contributed by atoms with van der Waals surface area (Å²) >= 11 is 1.42. The van der Waals surface area contributed by atoms with E-state index in [0.29, 0.717) is 17.2 Å². The number of furan rings is 1. The molecule has 7 heteroatoms. The van der Waals surface area contributed by atoms with Crippen LogP contribution in [0.15, 0.2) is 28.2 Å². The Morgan fingerprint density at radius 3 is 3.04 bits per heavy atom. The highest BCUT2D eigenvalue weighted by molar-refractivity contribution is 7.14. The van der Waals surface area contributed by atoms with Crippen molar-refractivity contribution in [3.63, 3.8) is 0 Å². The first-order valence-corrected chi connectivity index (χ1v) is 8.48. The van der Waals surface area contributed by atoms with Gasteiger partial charge >= 0.3 is 0 Å². The van der Waals surface area contributed by atoms with E-state index in [1.807, 2.05) is 24.4 Å². The number of nitrogens with zero attached hydrogens (tertiary/aromatic N) is 3. The van der Waals surface area contributed by atoms with Gasteiger partial charge in [-0.25, -0.2) is 4.98 Å². The summed E-state index contributed by atoms with van der Waals surface area (Å²) in [5.41, 5.74) is 0.702. The molecule has 1 atom stereocenters. The molecule has 6 nitrogen and oxygen atoms in total. The largest absolute Gasteiger partial charge is 0.467 e. The number of hydrogen-bond acceptors (Lipinski definition) is 5. The summed E-state index contributed by atoms with van der Waals surface area (Å²) in [5, 5.41) is 2.54. The molecule has 1 fully saturated rings. The standard InChI is InChI=1S/C16H19N3O3S/c1-11(13-5-4-8-22-13)18(2)15(21)9-12-10-23-16(17-12)19-7-3-6-14(19)20/h4-5,8,10-11H,3,6-7,9H2,1-2H3. The third-order valence-electron chi connectivity index (χ3n) is 4.11. The lowest BCUT2D eigenvalue weighted by Crippen LogP contribution is -2.31. The predicted molar refractivity (Wildman–Crippen MR) is 87.3 cm³/mol. The molecule has 0 aromatic carbocycles. The summed E-state index contributed by atoms with van der Waals surface area (Å²) in [7, 11) is 1.76. The second-order valence-corrected chi connectivity index (χ2v) is 6.48. The van der Waals surface area contributed by atoms with Crippen LogP contribution < -0.4 is 4.90 Å². The van der Waals surface area contributed by atoms with E-state index in [9.17, 15) is 9.59 Å². The van der Waals surface area contributed by atoms with E-state index in [4.69, 9.17) is 4.42 Å². The minimum atomic E-state index is -0.129. The van der Waals surface area contributed by atoms with Gasteiger partial charge in [0.1, 0.15) is 5.76 Å². The molecule has 3 heterocycles. The van der Waals surface area contributed by atoms with Gasteiger partial charge in [-0.3, -0.25) is 14.5 Å². The first-order valence-electron chi connectivity index (χ1n) is 7.60. The van der Waals surface area contributed by atoms with E-state index in [1.165, 1.54) is 11.3 Å². The lowest BCUT2D eigenvalue weighted by molar-refractivity contribution is -0.131. The topological polar surface area (TPSA) is 66.7 Å². The van der Waals surface area contributed by atoms with Crippen LogP contribution in [-0.4, -0.2) is 35.3 Å². The number of carbonyl (C=O) groups is 2. The molecular weight excluding hydrogens is 314 g/mol. The summed E-state index contributed by atoms with van der Waals surface area (Å²) < 4.78 is 5.35. The maximum absolute atomic E-state index is 12.4. The molecule has 1 aliphatic heterocycles. The average molecular weight is 333 g/mol. The van der Waals surface area contributed by atoms with Crippen LogP contribution in [0, 0.1) is 0 Å². The monoisotopic (exact) mass is 333 g/mol. The molecule has 0 spiro atoms. The Morgan fingerprint density at radius 1 is 1.57 bits per heavy atom. The Bertz CT molecular complexity index is 695. The molecule has 0 bridgehead atoms. The molecular formula is C16H19N3O3S. The number of likely N-dealkylation sites (N-methyl/N-ethyl adjacent to an activating group) is 1. The normalized spacial score (nSPS) is 15.9. The highest BCUT2D eigenvalue weighted by Gasteiger charge is 2.25. The second-order valence-electron chi connectivity index (χ2n) is 5.64. The summed E-state index contributed by atoms with van der Waals surface area (Å²) in [4.78, 5) is 31.9. The average Bonchev–Trinajstić information content (AvgIpc) is 3.26. The van der Waals surface area contributed by atoms with Gasteiger partial charge in [0.25, 0.3) is 0 Å². The van der Waals surface area contributed by atoms with E-state index in [1.54, 1.807) is 23.1 Å². The lowest BCUT2D eigenvalue weighted by Gasteiger charge is -2.23. The lowest BCUT2D eigenvalue weighted by atomic mass is 10.2. The zero-order chi connectivity index (χ0) is 16.4. The molecule has 0 aliphatic carbocycles. The first-order chi connectivity index (χ1) is 11.1. The zero-order valence-corrected chi connectivity index (χ0v) is 14.0. The molecule has 23 heavy (non-hydrogen) atoms. The molecule has 0 radical (unpaired) electrons. The molecule has 122 valence electrons. The van der Waals surface area contributed by atoms with Crippen molar-refractivity contribution in [1.29, 1.82) is 0 Å². The maximum atomic E-state index is 12.4. The Kier molecular flexibility index (Phi) is 4.47. The predicted octanol–water partition coefficient (Wildman–Crippen LogP) is 2.63. The van der Waals surface area contributed by atoms with Gasteiger partial charge in [-0.2, -0.15) is 0 Å². The summed E-state index contributed by atoms with van der Waals surface area (Å²) in [6.07, 6.45) is 3.28. The number of aromatic nitrogens is 1. The SMILES string of the molecule is CC(c1ccco1)N(C)C(=O)Cc1csc(N2CCCC2=O)n1. The number of rotatable bonds is 5.